The highest BCUT2D eigenvalue weighted by Gasteiger charge is 2.19. The van der Waals surface area contributed by atoms with Gasteiger partial charge in [-0.05, 0) is 31.2 Å². The Labute approximate surface area is 177 Å². The average Bonchev–Trinajstić information content (AvgIpc) is 3.17. The van der Waals surface area contributed by atoms with Gasteiger partial charge in [0.15, 0.2) is 5.65 Å². The molecule has 4 rings (SSSR count). The van der Waals surface area contributed by atoms with Gasteiger partial charge in [0.25, 0.3) is 5.91 Å². The Bertz CT molecular complexity index is 1190. The van der Waals surface area contributed by atoms with E-state index in [4.69, 9.17) is 16.3 Å². The van der Waals surface area contributed by atoms with Crippen LogP contribution in [-0.4, -0.2) is 33.7 Å². The van der Waals surface area contributed by atoms with Gasteiger partial charge in [-0.1, -0.05) is 35.9 Å². The number of nitrogens with zero attached hydrogens (tertiary/aromatic N) is 3. The second-order valence-corrected chi connectivity index (χ2v) is 6.97. The van der Waals surface area contributed by atoms with Gasteiger partial charge < -0.3 is 10.1 Å². The number of rotatable bonds is 6. The van der Waals surface area contributed by atoms with E-state index in [0.29, 0.717) is 35.6 Å². The lowest BCUT2D eigenvalue weighted by Crippen LogP contribution is -2.29. The van der Waals surface area contributed by atoms with E-state index in [1.807, 2.05) is 30.3 Å². The third-order valence-corrected chi connectivity index (χ3v) is 4.96. The van der Waals surface area contributed by atoms with Crippen LogP contribution >= 0.6 is 11.6 Å². The molecule has 0 spiro atoms. The number of carbonyl (C=O) groups is 1. The maximum absolute atomic E-state index is 14.3. The van der Waals surface area contributed by atoms with Crippen LogP contribution in [-0.2, 0) is 0 Å². The van der Waals surface area contributed by atoms with Gasteiger partial charge >= 0.3 is 0 Å². The van der Waals surface area contributed by atoms with Crippen LogP contribution < -0.4 is 10.1 Å². The fourth-order valence-corrected chi connectivity index (χ4v) is 3.41. The molecule has 1 amide bonds. The minimum atomic E-state index is -0.461. The Kier molecular flexibility index (Phi) is 5.63. The largest absolute Gasteiger partial charge is 0.492 e. The molecule has 2 aromatic carbocycles. The molecule has 0 saturated heterocycles. The summed E-state index contributed by atoms with van der Waals surface area (Å²) in [5, 5.41) is 7.35. The van der Waals surface area contributed by atoms with Crippen molar-refractivity contribution >= 4 is 23.2 Å². The van der Waals surface area contributed by atoms with Crippen molar-refractivity contribution in [3.8, 4) is 16.9 Å². The van der Waals surface area contributed by atoms with Crippen LogP contribution in [0.1, 0.15) is 16.1 Å². The van der Waals surface area contributed by atoms with E-state index in [1.165, 1.54) is 29.0 Å². The van der Waals surface area contributed by atoms with E-state index >= 15 is 0 Å². The molecule has 0 unspecified atom stereocenters. The number of hydrogen-bond acceptors (Lipinski definition) is 4. The topological polar surface area (TPSA) is 68.5 Å². The highest BCUT2D eigenvalue weighted by molar-refractivity contribution is 6.33. The molecule has 1 N–H and O–H groups in total. The number of aryl methyl sites for hydroxylation is 1. The van der Waals surface area contributed by atoms with E-state index in [9.17, 15) is 9.18 Å². The van der Waals surface area contributed by atoms with Crippen LogP contribution in [0.5, 0.6) is 5.75 Å². The van der Waals surface area contributed by atoms with Crippen molar-refractivity contribution in [1.29, 1.82) is 0 Å². The lowest BCUT2D eigenvalue weighted by Gasteiger charge is -2.10. The van der Waals surface area contributed by atoms with E-state index in [2.05, 4.69) is 15.4 Å². The molecule has 8 heteroatoms. The van der Waals surface area contributed by atoms with Crippen LogP contribution in [0.25, 0.3) is 16.8 Å². The number of benzene rings is 2. The summed E-state index contributed by atoms with van der Waals surface area (Å²) in [4.78, 5) is 16.9. The molecule has 0 saturated carbocycles. The molecular formula is C22H18ClFN4O2. The number of para-hydroxylation sites is 1. The normalized spacial score (nSPS) is 10.9. The van der Waals surface area contributed by atoms with Gasteiger partial charge in [0.05, 0.1) is 34.6 Å². The van der Waals surface area contributed by atoms with Crippen molar-refractivity contribution in [3.63, 3.8) is 0 Å². The van der Waals surface area contributed by atoms with Gasteiger partial charge in [-0.25, -0.2) is 13.9 Å². The van der Waals surface area contributed by atoms with Crippen LogP contribution in [0.3, 0.4) is 0 Å². The van der Waals surface area contributed by atoms with E-state index < -0.39 is 5.82 Å². The molecule has 0 atom stereocenters. The maximum Gasteiger partial charge on any atom is 0.254 e. The standard InChI is InChI=1S/C22H18ClFN4O2/c1-14-16(22(29)25-10-11-30-15-6-3-2-4-7-15)12-26-21-17(13-27-28(14)21)20-18(23)8-5-9-19(20)24/h2-9,12-13H,10-11H2,1H3,(H,25,29). The molecule has 0 bridgehead atoms. The number of halogens is 2. The van der Waals surface area contributed by atoms with E-state index in [-0.39, 0.29) is 16.5 Å². The van der Waals surface area contributed by atoms with Crippen molar-refractivity contribution in [2.75, 3.05) is 13.2 Å². The number of fused-ring (bicyclic) bond motifs is 1. The average molecular weight is 425 g/mol. The first-order valence-electron chi connectivity index (χ1n) is 9.30. The highest BCUT2D eigenvalue weighted by atomic mass is 35.5. The summed E-state index contributed by atoms with van der Waals surface area (Å²) in [6.07, 6.45) is 2.95. The van der Waals surface area contributed by atoms with E-state index in [0.717, 1.165) is 5.75 Å². The lowest BCUT2D eigenvalue weighted by molar-refractivity contribution is 0.0945. The lowest BCUT2D eigenvalue weighted by atomic mass is 10.1. The third kappa shape index (κ3) is 3.84. The molecule has 0 aliphatic carbocycles. The smallest absolute Gasteiger partial charge is 0.254 e. The summed E-state index contributed by atoms with van der Waals surface area (Å²) in [6, 6.07) is 13.8. The predicted octanol–water partition coefficient (Wildman–Crippen LogP) is 4.31. The third-order valence-electron chi connectivity index (χ3n) is 4.64. The van der Waals surface area contributed by atoms with Gasteiger partial charge in [0.1, 0.15) is 18.2 Å². The van der Waals surface area contributed by atoms with Gasteiger partial charge in [-0.3, -0.25) is 4.79 Å². The van der Waals surface area contributed by atoms with Gasteiger partial charge in [-0.2, -0.15) is 5.10 Å². The summed E-state index contributed by atoms with van der Waals surface area (Å²) in [6.45, 7) is 2.42. The zero-order valence-corrected chi connectivity index (χ0v) is 16.9. The SMILES string of the molecule is Cc1c(C(=O)NCCOc2ccccc2)cnc2c(-c3c(F)cccc3Cl)cnn12. The Morgan fingerprint density at radius 3 is 2.73 bits per heavy atom. The maximum atomic E-state index is 14.3. The summed E-state index contributed by atoms with van der Waals surface area (Å²) >= 11 is 6.18. The molecule has 0 aliphatic rings. The number of carbonyl (C=O) groups excluding carboxylic acids is 1. The number of aromatic nitrogens is 3. The van der Waals surface area contributed by atoms with Crippen LogP contribution in [0.4, 0.5) is 4.39 Å². The molecule has 30 heavy (non-hydrogen) atoms. The highest BCUT2D eigenvalue weighted by Crippen LogP contribution is 2.33. The zero-order valence-electron chi connectivity index (χ0n) is 16.1. The van der Waals surface area contributed by atoms with Crippen LogP contribution in [0, 0.1) is 12.7 Å². The van der Waals surface area contributed by atoms with E-state index in [1.54, 1.807) is 13.0 Å². The first-order valence-corrected chi connectivity index (χ1v) is 9.68. The molecule has 0 radical (unpaired) electrons. The quantitative estimate of drug-likeness (QED) is 0.468. The molecular weight excluding hydrogens is 407 g/mol. The Hall–Kier alpha value is -3.45. The molecule has 0 fully saturated rings. The van der Waals surface area contributed by atoms with Crippen molar-refractivity contribution in [1.82, 2.24) is 19.9 Å². The van der Waals surface area contributed by atoms with Gasteiger partial charge in [0, 0.05) is 11.8 Å². The van der Waals surface area contributed by atoms with Crippen molar-refractivity contribution in [2.45, 2.75) is 6.92 Å². The molecule has 152 valence electrons. The second kappa shape index (κ2) is 8.51. The predicted molar refractivity (Wildman–Crippen MR) is 112 cm³/mol. The fourth-order valence-electron chi connectivity index (χ4n) is 3.14. The molecule has 4 aromatic rings. The Morgan fingerprint density at radius 1 is 1.17 bits per heavy atom. The number of amides is 1. The summed E-state index contributed by atoms with van der Waals surface area (Å²) in [5.41, 5.74) is 2.07. The monoisotopic (exact) mass is 424 g/mol. The number of hydrogen-bond donors (Lipinski definition) is 1. The number of nitrogens with one attached hydrogen (secondary N) is 1. The fraction of sp³-hybridized carbons (Fsp3) is 0.136. The summed E-state index contributed by atoms with van der Waals surface area (Å²) in [7, 11) is 0. The summed E-state index contributed by atoms with van der Waals surface area (Å²) < 4.78 is 21.4. The second-order valence-electron chi connectivity index (χ2n) is 6.57. The zero-order chi connectivity index (χ0) is 21.1. The summed E-state index contributed by atoms with van der Waals surface area (Å²) in [5.74, 6) is -0.0153. The Balaban J connectivity index is 1.52. The first-order chi connectivity index (χ1) is 14.6. The minimum absolute atomic E-state index is 0.233. The first kappa shape index (κ1) is 19.8. The molecule has 2 heterocycles. The molecule has 6 nitrogen and oxygen atoms in total. The van der Waals surface area contributed by atoms with Crippen LogP contribution in [0.15, 0.2) is 60.9 Å². The van der Waals surface area contributed by atoms with Crippen molar-refractivity contribution in [2.24, 2.45) is 0 Å². The number of ether oxygens (including phenoxy) is 1. The Morgan fingerprint density at radius 2 is 1.97 bits per heavy atom. The van der Waals surface area contributed by atoms with Crippen molar-refractivity contribution in [3.05, 3.63) is 83.0 Å². The van der Waals surface area contributed by atoms with Crippen molar-refractivity contribution < 1.29 is 13.9 Å². The van der Waals surface area contributed by atoms with Crippen LogP contribution in [0.2, 0.25) is 5.02 Å². The van der Waals surface area contributed by atoms with Gasteiger partial charge in [-0.15, -0.1) is 0 Å². The van der Waals surface area contributed by atoms with Gasteiger partial charge in [0.2, 0.25) is 0 Å². The minimum Gasteiger partial charge on any atom is -0.492 e. The molecule has 0 aliphatic heterocycles. The molecule has 2 aromatic heterocycles.